The van der Waals surface area contributed by atoms with Crippen LogP contribution < -0.4 is 10.2 Å². The van der Waals surface area contributed by atoms with Crippen LogP contribution in [0.2, 0.25) is 0 Å². The van der Waals surface area contributed by atoms with Gasteiger partial charge in [-0.1, -0.05) is 34.1 Å². The van der Waals surface area contributed by atoms with Crippen LogP contribution in [0.4, 0.5) is 10.8 Å². The van der Waals surface area contributed by atoms with Gasteiger partial charge >= 0.3 is 0 Å². The maximum absolute atomic E-state index is 12.6. The highest BCUT2D eigenvalue weighted by Gasteiger charge is 2.16. The van der Waals surface area contributed by atoms with Gasteiger partial charge in [-0.05, 0) is 35.9 Å². The van der Waals surface area contributed by atoms with E-state index in [4.69, 9.17) is 0 Å². The Hall–Kier alpha value is -2.51. The second kappa shape index (κ2) is 8.25. The summed E-state index contributed by atoms with van der Waals surface area (Å²) < 4.78 is 0.970. The van der Waals surface area contributed by atoms with Crippen LogP contribution in [-0.2, 0) is 11.2 Å². The monoisotopic (exact) mass is 429 g/mol. The summed E-state index contributed by atoms with van der Waals surface area (Å²) >= 11 is 4.76. The first kappa shape index (κ1) is 18.3. The van der Waals surface area contributed by atoms with Crippen molar-refractivity contribution in [2.24, 2.45) is 0 Å². The quantitative estimate of drug-likeness (QED) is 0.654. The van der Waals surface area contributed by atoms with Gasteiger partial charge in [-0.2, -0.15) is 0 Å². The van der Waals surface area contributed by atoms with E-state index in [-0.39, 0.29) is 18.2 Å². The third-order valence-electron chi connectivity index (χ3n) is 3.68. The van der Waals surface area contributed by atoms with Crippen LogP contribution >= 0.6 is 27.3 Å². The summed E-state index contributed by atoms with van der Waals surface area (Å²) in [4.78, 5) is 30.5. The lowest BCUT2D eigenvalue weighted by Gasteiger charge is -2.14. The minimum Gasteiger partial charge on any atom is -0.326 e. The van der Waals surface area contributed by atoms with Crippen LogP contribution in [0.25, 0.3) is 0 Å². The van der Waals surface area contributed by atoms with Crippen LogP contribution in [-0.4, -0.2) is 23.8 Å². The molecule has 2 amide bonds. The molecule has 1 heterocycles. The van der Waals surface area contributed by atoms with Gasteiger partial charge in [0.2, 0.25) is 5.91 Å². The molecule has 0 saturated carbocycles. The predicted octanol–water partition coefficient (Wildman–Crippen LogP) is 4.36. The van der Waals surface area contributed by atoms with Crippen molar-refractivity contribution >= 4 is 49.9 Å². The summed E-state index contributed by atoms with van der Waals surface area (Å²) in [6.45, 7) is 0. The van der Waals surface area contributed by atoms with E-state index in [2.05, 4.69) is 26.2 Å². The van der Waals surface area contributed by atoms with Crippen LogP contribution in [0, 0.1) is 0 Å². The van der Waals surface area contributed by atoms with E-state index < -0.39 is 0 Å². The lowest BCUT2D eigenvalue weighted by atomic mass is 10.1. The summed E-state index contributed by atoms with van der Waals surface area (Å²) in [6, 6.07) is 14.5. The first-order valence-corrected chi connectivity index (χ1v) is 9.52. The number of hydrogen-bond acceptors (Lipinski definition) is 4. The van der Waals surface area contributed by atoms with Gasteiger partial charge in [0, 0.05) is 34.3 Å². The highest BCUT2D eigenvalue weighted by Crippen LogP contribution is 2.20. The Balaban J connectivity index is 1.68. The number of aromatic nitrogens is 1. The lowest BCUT2D eigenvalue weighted by molar-refractivity contribution is -0.115. The Labute approximate surface area is 163 Å². The molecule has 5 nitrogen and oxygen atoms in total. The molecule has 0 saturated heterocycles. The van der Waals surface area contributed by atoms with Gasteiger partial charge in [-0.15, -0.1) is 11.3 Å². The van der Waals surface area contributed by atoms with Crippen molar-refractivity contribution in [2.75, 3.05) is 17.3 Å². The Morgan fingerprint density at radius 2 is 1.96 bits per heavy atom. The maximum Gasteiger partial charge on any atom is 0.259 e. The first-order chi connectivity index (χ1) is 12.5. The Morgan fingerprint density at radius 1 is 1.19 bits per heavy atom. The van der Waals surface area contributed by atoms with E-state index in [1.165, 1.54) is 16.2 Å². The normalized spacial score (nSPS) is 10.4. The molecule has 0 spiro atoms. The number of hydrogen-bond donors (Lipinski definition) is 1. The average molecular weight is 430 g/mol. The molecule has 0 aliphatic rings. The zero-order valence-electron chi connectivity index (χ0n) is 14.0. The Morgan fingerprint density at radius 3 is 2.65 bits per heavy atom. The fourth-order valence-corrected chi connectivity index (χ4v) is 3.26. The molecule has 0 aliphatic heterocycles. The molecular weight excluding hydrogens is 414 g/mol. The fraction of sp³-hybridized carbons (Fsp3) is 0.105. The number of nitrogens with zero attached hydrogens (tertiary/aromatic N) is 2. The standard InChI is InChI=1S/C19H16BrN3O2S/c1-23(19-21-9-10-26-19)18(25)14-3-2-4-16(12-14)22-17(24)11-13-5-7-15(20)8-6-13/h2-10,12H,11H2,1H3,(H,22,24). The molecule has 1 aromatic heterocycles. The van der Waals surface area contributed by atoms with Crippen molar-refractivity contribution in [2.45, 2.75) is 6.42 Å². The summed E-state index contributed by atoms with van der Waals surface area (Å²) in [5, 5.41) is 5.28. The molecule has 0 fully saturated rings. The van der Waals surface area contributed by atoms with Crippen LogP contribution in [0.5, 0.6) is 0 Å². The number of rotatable bonds is 5. The first-order valence-electron chi connectivity index (χ1n) is 7.85. The van der Waals surface area contributed by atoms with Crippen LogP contribution in [0.3, 0.4) is 0 Å². The van der Waals surface area contributed by atoms with Crippen molar-refractivity contribution < 1.29 is 9.59 Å². The molecule has 0 bridgehead atoms. The topological polar surface area (TPSA) is 62.3 Å². The van der Waals surface area contributed by atoms with Gasteiger partial charge in [0.25, 0.3) is 5.91 Å². The van der Waals surface area contributed by atoms with E-state index >= 15 is 0 Å². The highest BCUT2D eigenvalue weighted by atomic mass is 79.9. The van der Waals surface area contributed by atoms with Crippen molar-refractivity contribution in [1.82, 2.24) is 4.98 Å². The molecular formula is C19H16BrN3O2S. The van der Waals surface area contributed by atoms with Crippen molar-refractivity contribution in [1.29, 1.82) is 0 Å². The number of benzene rings is 2. The van der Waals surface area contributed by atoms with Gasteiger partial charge in [0.05, 0.1) is 6.42 Å². The molecule has 3 aromatic rings. The molecule has 0 atom stereocenters. The van der Waals surface area contributed by atoms with Crippen LogP contribution in [0.15, 0.2) is 64.6 Å². The van der Waals surface area contributed by atoms with Gasteiger partial charge in [-0.3, -0.25) is 14.5 Å². The minimum absolute atomic E-state index is 0.134. The molecule has 26 heavy (non-hydrogen) atoms. The second-order valence-electron chi connectivity index (χ2n) is 5.61. The molecule has 3 rings (SSSR count). The smallest absolute Gasteiger partial charge is 0.259 e. The van der Waals surface area contributed by atoms with E-state index in [0.29, 0.717) is 16.4 Å². The predicted molar refractivity (Wildman–Crippen MR) is 108 cm³/mol. The largest absolute Gasteiger partial charge is 0.326 e. The number of anilines is 2. The summed E-state index contributed by atoms with van der Waals surface area (Å²) in [5.74, 6) is -0.311. The molecule has 0 aliphatic carbocycles. The zero-order valence-corrected chi connectivity index (χ0v) is 16.4. The summed E-state index contributed by atoms with van der Waals surface area (Å²) in [7, 11) is 1.68. The molecule has 2 aromatic carbocycles. The number of amides is 2. The summed E-state index contributed by atoms with van der Waals surface area (Å²) in [6.07, 6.45) is 1.92. The molecule has 1 N–H and O–H groups in total. The van der Waals surface area contributed by atoms with Crippen LogP contribution in [0.1, 0.15) is 15.9 Å². The molecule has 0 radical (unpaired) electrons. The molecule has 132 valence electrons. The van der Waals surface area contributed by atoms with Gasteiger partial charge in [0.1, 0.15) is 0 Å². The van der Waals surface area contributed by atoms with E-state index in [9.17, 15) is 9.59 Å². The van der Waals surface area contributed by atoms with Gasteiger partial charge in [-0.25, -0.2) is 4.98 Å². The SMILES string of the molecule is CN(C(=O)c1cccc(NC(=O)Cc2ccc(Br)cc2)c1)c1nccs1. The Bertz CT molecular complexity index is 911. The number of thiazole rings is 1. The molecule has 0 unspecified atom stereocenters. The highest BCUT2D eigenvalue weighted by molar-refractivity contribution is 9.10. The average Bonchev–Trinajstić information content (AvgIpc) is 3.17. The van der Waals surface area contributed by atoms with E-state index in [0.717, 1.165) is 10.0 Å². The minimum atomic E-state index is -0.177. The molecule has 7 heteroatoms. The van der Waals surface area contributed by atoms with Crippen molar-refractivity contribution in [3.63, 3.8) is 0 Å². The third kappa shape index (κ3) is 4.56. The summed E-state index contributed by atoms with van der Waals surface area (Å²) in [5.41, 5.74) is 2.00. The fourth-order valence-electron chi connectivity index (χ4n) is 2.38. The van der Waals surface area contributed by atoms with Crippen molar-refractivity contribution in [3.05, 3.63) is 75.7 Å². The number of carbonyl (C=O) groups excluding carboxylic acids is 2. The van der Waals surface area contributed by atoms with Crippen molar-refractivity contribution in [3.8, 4) is 0 Å². The third-order valence-corrected chi connectivity index (χ3v) is 5.06. The van der Waals surface area contributed by atoms with Gasteiger partial charge < -0.3 is 5.32 Å². The Kier molecular flexibility index (Phi) is 5.80. The maximum atomic E-state index is 12.6. The number of nitrogens with one attached hydrogen (secondary N) is 1. The van der Waals surface area contributed by atoms with E-state index in [1.807, 2.05) is 29.6 Å². The lowest BCUT2D eigenvalue weighted by Crippen LogP contribution is -2.26. The second-order valence-corrected chi connectivity index (χ2v) is 7.40. The van der Waals surface area contributed by atoms with Gasteiger partial charge in [0.15, 0.2) is 5.13 Å². The zero-order chi connectivity index (χ0) is 18.5. The van der Waals surface area contributed by atoms with E-state index in [1.54, 1.807) is 37.5 Å². The number of carbonyl (C=O) groups is 2. The number of halogens is 1.